The number of nitrogens with zero attached hydrogens (tertiary/aromatic N) is 1. The fourth-order valence-electron chi connectivity index (χ4n) is 1.10. The molecule has 0 aliphatic rings. The zero-order valence-corrected chi connectivity index (χ0v) is 9.63. The molecule has 0 atom stereocenters. The number of nitrogen functional groups attached to an aromatic ring is 1. The Morgan fingerprint density at radius 1 is 1.46 bits per heavy atom. The van der Waals surface area contributed by atoms with Crippen LogP contribution in [0.4, 0.5) is 5.82 Å². The number of hydrogen-bond acceptors (Lipinski definition) is 2. The van der Waals surface area contributed by atoms with Gasteiger partial charge in [-0.15, -0.1) is 0 Å². The van der Waals surface area contributed by atoms with Crippen molar-refractivity contribution in [2.75, 3.05) is 5.73 Å². The summed E-state index contributed by atoms with van der Waals surface area (Å²) in [7, 11) is 0. The molecule has 0 spiro atoms. The van der Waals surface area contributed by atoms with Gasteiger partial charge >= 0.3 is 0 Å². The van der Waals surface area contributed by atoms with Crippen LogP contribution in [0, 0.1) is 5.92 Å². The Morgan fingerprint density at radius 2 is 2.15 bits per heavy atom. The maximum absolute atomic E-state index is 5.60. The molecule has 0 saturated carbocycles. The Hall–Kier alpha value is -0.570. The summed E-state index contributed by atoms with van der Waals surface area (Å²) in [6.07, 6.45) is 2.14. The molecule has 0 amide bonds. The highest BCUT2D eigenvalue weighted by molar-refractivity contribution is 9.10. The summed E-state index contributed by atoms with van der Waals surface area (Å²) in [5, 5.41) is 0. The van der Waals surface area contributed by atoms with E-state index in [2.05, 4.69) is 34.8 Å². The van der Waals surface area contributed by atoms with Gasteiger partial charge in [0.1, 0.15) is 5.82 Å². The highest BCUT2D eigenvalue weighted by Crippen LogP contribution is 2.18. The number of aromatic nitrogens is 1. The molecule has 2 N–H and O–H groups in total. The van der Waals surface area contributed by atoms with Crippen LogP contribution < -0.4 is 5.73 Å². The average molecular weight is 243 g/mol. The van der Waals surface area contributed by atoms with E-state index in [4.69, 9.17) is 5.73 Å². The molecule has 0 aliphatic carbocycles. The highest BCUT2D eigenvalue weighted by Gasteiger charge is 2.03. The van der Waals surface area contributed by atoms with Crippen LogP contribution in [-0.4, -0.2) is 4.98 Å². The fourth-order valence-corrected chi connectivity index (χ4v) is 1.52. The van der Waals surface area contributed by atoms with E-state index >= 15 is 0 Å². The van der Waals surface area contributed by atoms with E-state index in [1.54, 1.807) is 0 Å². The molecular formula is C10H15BrN2. The Morgan fingerprint density at radius 3 is 2.77 bits per heavy atom. The second kappa shape index (κ2) is 4.61. The van der Waals surface area contributed by atoms with Crippen molar-refractivity contribution in [3.63, 3.8) is 0 Å². The Kier molecular flexibility index (Phi) is 3.72. The van der Waals surface area contributed by atoms with Gasteiger partial charge < -0.3 is 5.73 Å². The van der Waals surface area contributed by atoms with Crippen molar-refractivity contribution >= 4 is 21.7 Å². The van der Waals surface area contributed by atoms with Gasteiger partial charge in [-0.25, -0.2) is 4.98 Å². The molecule has 0 aromatic carbocycles. The van der Waals surface area contributed by atoms with Crippen LogP contribution in [0.25, 0.3) is 0 Å². The summed E-state index contributed by atoms with van der Waals surface area (Å²) in [6, 6.07) is 3.76. The number of aryl methyl sites for hydroxylation is 1. The zero-order chi connectivity index (χ0) is 9.84. The van der Waals surface area contributed by atoms with Crippen molar-refractivity contribution in [3.05, 3.63) is 22.3 Å². The third-order valence-corrected chi connectivity index (χ3v) is 2.62. The number of rotatable bonds is 3. The largest absolute Gasteiger partial charge is 0.384 e. The van der Waals surface area contributed by atoms with Gasteiger partial charge in [-0.1, -0.05) is 13.8 Å². The normalized spacial score (nSPS) is 10.8. The SMILES string of the molecule is CC(C)CCc1nc(N)ccc1Br. The van der Waals surface area contributed by atoms with Gasteiger partial charge in [-0.2, -0.15) is 0 Å². The fraction of sp³-hybridized carbons (Fsp3) is 0.500. The lowest BCUT2D eigenvalue weighted by Crippen LogP contribution is -1.99. The molecule has 0 radical (unpaired) electrons. The predicted molar refractivity (Wildman–Crippen MR) is 59.5 cm³/mol. The Bertz CT molecular complexity index is 284. The number of anilines is 1. The van der Waals surface area contributed by atoms with Crippen molar-refractivity contribution in [1.29, 1.82) is 0 Å². The molecule has 0 aliphatic heterocycles. The zero-order valence-electron chi connectivity index (χ0n) is 8.05. The second-order valence-electron chi connectivity index (χ2n) is 3.60. The van der Waals surface area contributed by atoms with Gasteiger partial charge in [-0.05, 0) is 46.8 Å². The predicted octanol–water partition coefficient (Wildman–Crippen LogP) is 3.01. The van der Waals surface area contributed by atoms with E-state index < -0.39 is 0 Å². The molecule has 1 aromatic heterocycles. The highest BCUT2D eigenvalue weighted by atomic mass is 79.9. The van der Waals surface area contributed by atoms with E-state index in [0.717, 1.165) is 23.0 Å². The van der Waals surface area contributed by atoms with Crippen LogP contribution in [0.15, 0.2) is 16.6 Å². The summed E-state index contributed by atoms with van der Waals surface area (Å²) < 4.78 is 1.06. The molecule has 1 heterocycles. The first-order chi connectivity index (χ1) is 6.09. The minimum Gasteiger partial charge on any atom is -0.384 e. The first-order valence-corrected chi connectivity index (χ1v) is 5.30. The summed E-state index contributed by atoms with van der Waals surface area (Å²) in [5.41, 5.74) is 6.67. The summed E-state index contributed by atoms with van der Waals surface area (Å²) >= 11 is 3.46. The minimum absolute atomic E-state index is 0.599. The minimum atomic E-state index is 0.599. The van der Waals surface area contributed by atoms with Crippen LogP contribution in [0.5, 0.6) is 0 Å². The van der Waals surface area contributed by atoms with Crippen LogP contribution in [0.3, 0.4) is 0 Å². The van der Waals surface area contributed by atoms with Crippen molar-refractivity contribution in [1.82, 2.24) is 4.98 Å². The molecular weight excluding hydrogens is 228 g/mol. The van der Waals surface area contributed by atoms with Crippen molar-refractivity contribution in [3.8, 4) is 0 Å². The van der Waals surface area contributed by atoms with E-state index in [0.29, 0.717) is 11.7 Å². The molecule has 0 saturated heterocycles. The quantitative estimate of drug-likeness (QED) is 0.886. The second-order valence-corrected chi connectivity index (χ2v) is 4.45. The average Bonchev–Trinajstić information content (AvgIpc) is 2.06. The molecule has 1 rings (SSSR count). The maximum Gasteiger partial charge on any atom is 0.123 e. The van der Waals surface area contributed by atoms with Gasteiger partial charge in [0.15, 0.2) is 0 Å². The summed E-state index contributed by atoms with van der Waals surface area (Å²) in [4.78, 5) is 4.28. The number of halogens is 1. The lowest BCUT2D eigenvalue weighted by molar-refractivity contribution is 0.581. The molecule has 0 unspecified atom stereocenters. The topological polar surface area (TPSA) is 38.9 Å². The molecule has 1 aromatic rings. The molecule has 72 valence electrons. The van der Waals surface area contributed by atoms with E-state index in [1.165, 1.54) is 0 Å². The number of pyridine rings is 1. The third-order valence-electron chi connectivity index (χ3n) is 1.90. The van der Waals surface area contributed by atoms with Crippen LogP contribution in [0.2, 0.25) is 0 Å². The molecule has 2 nitrogen and oxygen atoms in total. The van der Waals surface area contributed by atoms with E-state index in [-0.39, 0.29) is 0 Å². The molecule has 13 heavy (non-hydrogen) atoms. The first-order valence-electron chi connectivity index (χ1n) is 4.50. The smallest absolute Gasteiger partial charge is 0.123 e. The van der Waals surface area contributed by atoms with Crippen molar-refractivity contribution < 1.29 is 0 Å². The van der Waals surface area contributed by atoms with Gasteiger partial charge in [0.05, 0.1) is 5.69 Å². The lowest BCUT2D eigenvalue weighted by atomic mass is 10.1. The maximum atomic E-state index is 5.60. The van der Waals surface area contributed by atoms with Gasteiger partial charge in [0, 0.05) is 4.47 Å². The standard InChI is InChI=1S/C10H15BrN2/c1-7(2)3-5-9-8(11)4-6-10(12)13-9/h4,6-7H,3,5H2,1-2H3,(H2,12,13). The van der Waals surface area contributed by atoms with Crippen LogP contribution in [0.1, 0.15) is 26.0 Å². The van der Waals surface area contributed by atoms with Gasteiger partial charge in [-0.3, -0.25) is 0 Å². The third kappa shape index (κ3) is 3.35. The van der Waals surface area contributed by atoms with Crippen LogP contribution in [-0.2, 0) is 6.42 Å². The molecule has 0 fully saturated rings. The van der Waals surface area contributed by atoms with Gasteiger partial charge in [0.25, 0.3) is 0 Å². The summed E-state index contributed by atoms with van der Waals surface area (Å²) in [6.45, 7) is 4.42. The Balaban J connectivity index is 2.70. The monoisotopic (exact) mass is 242 g/mol. The van der Waals surface area contributed by atoms with E-state index in [1.807, 2.05) is 12.1 Å². The number of nitrogens with two attached hydrogens (primary N) is 1. The van der Waals surface area contributed by atoms with Crippen molar-refractivity contribution in [2.45, 2.75) is 26.7 Å². The van der Waals surface area contributed by atoms with Crippen LogP contribution >= 0.6 is 15.9 Å². The van der Waals surface area contributed by atoms with Crippen molar-refractivity contribution in [2.24, 2.45) is 5.92 Å². The summed E-state index contributed by atoms with van der Waals surface area (Å²) in [5.74, 6) is 1.30. The van der Waals surface area contributed by atoms with Gasteiger partial charge in [0.2, 0.25) is 0 Å². The first kappa shape index (κ1) is 10.5. The molecule has 3 heteroatoms. The lowest BCUT2D eigenvalue weighted by Gasteiger charge is -2.06. The number of hydrogen-bond donors (Lipinski definition) is 1. The van der Waals surface area contributed by atoms with E-state index in [9.17, 15) is 0 Å². The molecule has 0 bridgehead atoms. The Labute approximate surface area is 87.7 Å².